The van der Waals surface area contributed by atoms with Crippen LogP contribution in [-0.4, -0.2) is 18.8 Å². The Balaban J connectivity index is 1.51. The standard InChI is InChI=1S/C19H22ClN3/c1-15-7-8-18(13-19(15)20)22-21-17-9-11-23(12-10-17)14-16-5-3-2-4-6-16/h2-8,13,22H,9-12,14H2,1H3/p+1. The number of nitrogens with zero attached hydrogens (tertiary/aromatic N) is 1. The maximum Gasteiger partial charge on any atom is 0.103 e. The number of benzene rings is 2. The van der Waals surface area contributed by atoms with Crippen molar-refractivity contribution in [1.82, 2.24) is 0 Å². The van der Waals surface area contributed by atoms with Gasteiger partial charge in [0.05, 0.1) is 18.8 Å². The van der Waals surface area contributed by atoms with Crippen molar-refractivity contribution in [2.24, 2.45) is 5.10 Å². The first-order chi connectivity index (χ1) is 11.2. The van der Waals surface area contributed by atoms with Crippen LogP contribution in [0.1, 0.15) is 24.0 Å². The van der Waals surface area contributed by atoms with Crippen molar-refractivity contribution in [2.45, 2.75) is 26.3 Å². The van der Waals surface area contributed by atoms with E-state index in [0.717, 1.165) is 48.7 Å². The summed E-state index contributed by atoms with van der Waals surface area (Å²) in [5, 5.41) is 5.34. The zero-order chi connectivity index (χ0) is 16.1. The summed E-state index contributed by atoms with van der Waals surface area (Å²) >= 11 is 6.14. The third-order valence-electron chi connectivity index (χ3n) is 4.35. The first-order valence-corrected chi connectivity index (χ1v) is 8.53. The second-order valence-corrected chi connectivity index (χ2v) is 6.57. The van der Waals surface area contributed by atoms with Crippen molar-refractivity contribution < 1.29 is 4.90 Å². The molecule has 120 valence electrons. The lowest BCUT2D eigenvalue weighted by atomic mass is 10.1. The number of quaternary nitrogens is 1. The lowest BCUT2D eigenvalue weighted by molar-refractivity contribution is -0.914. The van der Waals surface area contributed by atoms with E-state index in [-0.39, 0.29) is 0 Å². The number of aryl methyl sites for hydroxylation is 1. The fourth-order valence-corrected chi connectivity index (χ4v) is 3.05. The van der Waals surface area contributed by atoms with Crippen LogP contribution in [0.3, 0.4) is 0 Å². The molecule has 0 aromatic heterocycles. The van der Waals surface area contributed by atoms with Crippen LogP contribution in [0, 0.1) is 6.92 Å². The number of hydrogen-bond acceptors (Lipinski definition) is 2. The van der Waals surface area contributed by atoms with Gasteiger partial charge in [0.1, 0.15) is 6.54 Å². The van der Waals surface area contributed by atoms with Gasteiger partial charge in [-0.05, 0) is 24.6 Å². The predicted octanol–water partition coefficient (Wildman–Crippen LogP) is 3.30. The topological polar surface area (TPSA) is 28.8 Å². The molecule has 2 N–H and O–H groups in total. The number of likely N-dealkylation sites (tertiary alicyclic amines) is 1. The van der Waals surface area contributed by atoms with Crippen molar-refractivity contribution in [2.75, 3.05) is 18.5 Å². The van der Waals surface area contributed by atoms with E-state index in [1.807, 2.05) is 25.1 Å². The molecule has 1 aliphatic rings. The lowest BCUT2D eigenvalue weighted by Gasteiger charge is -2.24. The summed E-state index contributed by atoms with van der Waals surface area (Å²) in [5.41, 5.74) is 7.84. The molecule has 3 nitrogen and oxygen atoms in total. The van der Waals surface area contributed by atoms with Crippen LogP contribution in [0.4, 0.5) is 5.69 Å². The molecule has 3 rings (SSSR count). The number of rotatable bonds is 4. The van der Waals surface area contributed by atoms with Gasteiger partial charge in [-0.15, -0.1) is 0 Å². The van der Waals surface area contributed by atoms with Crippen LogP contribution in [0.15, 0.2) is 53.6 Å². The normalized spacial score (nSPS) is 17.8. The molecule has 0 radical (unpaired) electrons. The molecule has 23 heavy (non-hydrogen) atoms. The van der Waals surface area contributed by atoms with Gasteiger partial charge < -0.3 is 4.90 Å². The molecule has 4 heteroatoms. The SMILES string of the molecule is Cc1ccc(NN=C2CC[NH+](Cc3ccccc3)CC2)cc1Cl. The molecular formula is C19H23ClN3+. The molecule has 1 heterocycles. The Labute approximate surface area is 143 Å². The minimum absolute atomic E-state index is 0.775. The maximum atomic E-state index is 6.14. The number of piperidine rings is 1. The highest BCUT2D eigenvalue weighted by atomic mass is 35.5. The van der Waals surface area contributed by atoms with E-state index < -0.39 is 0 Å². The van der Waals surface area contributed by atoms with Gasteiger partial charge in [-0.3, -0.25) is 5.43 Å². The molecule has 0 bridgehead atoms. The highest BCUT2D eigenvalue weighted by Gasteiger charge is 2.18. The average Bonchev–Trinajstić information content (AvgIpc) is 2.58. The molecular weight excluding hydrogens is 306 g/mol. The minimum atomic E-state index is 0.775. The van der Waals surface area contributed by atoms with Crippen LogP contribution in [0.2, 0.25) is 5.02 Å². The monoisotopic (exact) mass is 328 g/mol. The van der Waals surface area contributed by atoms with E-state index in [9.17, 15) is 0 Å². The zero-order valence-electron chi connectivity index (χ0n) is 13.5. The molecule has 0 spiro atoms. The van der Waals surface area contributed by atoms with Gasteiger partial charge in [0.2, 0.25) is 0 Å². The summed E-state index contributed by atoms with van der Waals surface area (Å²) in [5.74, 6) is 0. The molecule has 0 amide bonds. The third kappa shape index (κ3) is 4.57. The Morgan fingerprint density at radius 2 is 1.83 bits per heavy atom. The van der Waals surface area contributed by atoms with Crippen LogP contribution in [0.25, 0.3) is 0 Å². The van der Waals surface area contributed by atoms with Crippen LogP contribution < -0.4 is 10.3 Å². The van der Waals surface area contributed by atoms with E-state index in [2.05, 4.69) is 40.9 Å². The molecule has 1 fully saturated rings. The van der Waals surface area contributed by atoms with Crippen LogP contribution >= 0.6 is 11.6 Å². The van der Waals surface area contributed by atoms with E-state index in [1.165, 1.54) is 11.3 Å². The summed E-state index contributed by atoms with van der Waals surface area (Å²) in [6, 6.07) is 16.7. The molecule has 1 aliphatic heterocycles. The van der Waals surface area contributed by atoms with Gasteiger partial charge in [0.25, 0.3) is 0 Å². The van der Waals surface area contributed by atoms with Gasteiger partial charge in [-0.1, -0.05) is 48.0 Å². The van der Waals surface area contributed by atoms with E-state index >= 15 is 0 Å². The predicted molar refractivity (Wildman–Crippen MR) is 97.3 cm³/mol. The average molecular weight is 329 g/mol. The van der Waals surface area contributed by atoms with Crippen molar-refractivity contribution >= 4 is 23.0 Å². The van der Waals surface area contributed by atoms with Gasteiger partial charge in [0.15, 0.2) is 0 Å². The summed E-state index contributed by atoms with van der Waals surface area (Å²) in [6.45, 7) is 5.40. The van der Waals surface area contributed by atoms with Crippen molar-refractivity contribution in [3.63, 3.8) is 0 Å². The molecule has 2 aromatic carbocycles. The van der Waals surface area contributed by atoms with Crippen LogP contribution in [-0.2, 0) is 6.54 Å². The second-order valence-electron chi connectivity index (χ2n) is 6.17. The summed E-state index contributed by atoms with van der Waals surface area (Å²) in [7, 11) is 0. The number of hydrogen-bond donors (Lipinski definition) is 2. The molecule has 1 saturated heterocycles. The number of nitrogens with one attached hydrogen (secondary N) is 2. The smallest absolute Gasteiger partial charge is 0.103 e. The molecule has 0 unspecified atom stereocenters. The van der Waals surface area contributed by atoms with Gasteiger partial charge in [-0.2, -0.15) is 5.10 Å². The number of halogens is 1. The maximum absolute atomic E-state index is 6.14. The highest BCUT2D eigenvalue weighted by molar-refractivity contribution is 6.31. The lowest BCUT2D eigenvalue weighted by Crippen LogP contribution is -3.11. The molecule has 0 atom stereocenters. The first-order valence-electron chi connectivity index (χ1n) is 8.16. The minimum Gasteiger partial charge on any atom is -0.331 e. The Bertz CT molecular complexity index is 672. The Kier molecular flexibility index (Phi) is 5.31. The summed E-state index contributed by atoms with van der Waals surface area (Å²) in [6.07, 6.45) is 2.10. The number of anilines is 1. The fourth-order valence-electron chi connectivity index (χ4n) is 2.87. The second kappa shape index (κ2) is 7.62. The van der Waals surface area contributed by atoms with E-state index in [0.29, 0.717) is 0 Å². The summed E-state index contributed by atoms with van der Waals surface area (Å²) in [4.78, 5) is 1.63. The third-order valence-corrected chi connectivity index (χ3v) is 4.75. The van der Waals surface area contributed by atoms with Gasteiger partial charge in [0, 0.05) is 29.1 Å². The Morgan fingerprint density at radius 1 is 1.09 bits per heavy atom. The Morgan fingerprint density at radius 3 is 2.52 bits per heavy atom. The van der Waals surface area contributed by atoms with Gasteiger partial charge in [-0.25, -0.2) is 0 Å². The fraction of sp³-hybridized carbons (Fsp3) is 0.316. The van der Waals surface area contributed by atoms with Crippen molar-refractivity contribution in [3.8, 4) is 0 Å². The van der Waals surface area contributed by atoms with Gasteiger partial charge >= 0.3 is 0 Å². The van der Waals surface area contributed by atoms with Crippen LogP contribution in [0.5, 0.6) is 0 Å². The molecule has 0 saturated carbocycles. The van der Waals surface area contributed by atoms with E-state index in [4.69, 9.17) is 11.6 Å². The highest BCUT2D eigenvalue weighted by Crippen LogP contribution is 2.20. The van der Waals surface area contributed by atoms with E-state index in [1.54, 1.807) is 4.90 Å². The quantitative estimate of drug-likeness (QED) is 0.828. The van der Waals surface area contributed by atoms with Crippen molar-refractivity contribution in [3.05, 3.63) is 64.7 Å². The van der Waals surface area contributed by atoms with Crippen molar-refractivity contribution in [1.29, 1.82) is 0 Å². The molecule has 2 aromatic rings. The number of hydrazone groups is 1. The first kappa shape index (κ1) is 16.0. The Hall–Kier alpha value is -1.84. The molecule has 0 aliphatic carbocycles. The largest absolute Gasteiger partial charge is 0.331 e. The summed E-state index contributed by atoms with van der Waals surface area (Å²) < 4.78 is 0. The zero-order valence-corrected chi connectivity index (χ0v) is 14.2.